The third-order valence-electron chi connectivity index (χ3n) is 3.72. The van der Waals surface area contributed by atoms with Crippen molar-refractivity contribution in [1.29, 1.82) is 0 Å². The van der Waals surface area contributed by atoms with Crippen molar-refractivity contribution in [3.05, 3.63) is 0 Å². The lowest BCUT2D eigenvalue weighted by molar-refractivity contribution is -0.0208. The molecule has 3 unspecified atom stereocenters. The summed E-state index contributed by atoms with van der Waals surface area (Å²) in [5.41, 5.74) is 5.72. The Morgan fingerprint density at radius 3 is 3.08 bits per heavy atom. The molecule has 74 valence electrons. The van der Waals surface area contributed by atoms with Crippen LogP contribution in [0.15, 0.2) is 4.99 Å². The highest BCUT2D eigenvalue weighted by atomic mass is 16.3. The van der Waals surface area contributed by atoms with Crippen LogP contribution in [0.4, 0.5) is 0 Å². The van der Waals surface area contributed by atoms with Crippen LogP contribution < -0.4 is 5.73 Å². The Balaban J connectivity index is 2.25. The topological polar surface area (TPSA) is 58.6 Å². The number of hydrogen-bond donors (Lipinski definition) is 2. The molecule has 0 aromatic rings. The fourth-order valence-electron chi connectivity index (χ4n) is 2.59. The Bertz CT molecular complexity index is 239. The lowest BCUT2D eigenvalue weighted by Crippen LogP contribution is -2.48. The summed E-state index contributed by atoms with van der Waals surface area (Å²) in [6, 6.07) is 0.269. The van der Waals surface area contributed by atoms with E-state index in [1.54, 1.807) is 0 Å². The molecule has 0 saturated heterocycles. The van der Waals surface area contributed by atoms with Gasteiger partial charge in [0.1, 0.15) is 0 Å². The first-order valence-electron chi connectivity index (χ1n) is 5.13. The van der Waals surface area contributed by atoms with E-state index in [-0.39, 0.29) is 17.6 Å². The van der Waals surface area contributed by atoms with E-state index in [4.69, 9.17) is 5.73 Å². The molecule has 2 rings (SSSR count). The SMILES string of the molecule is CC12CCC(N)=NC1CCCC2O. The fraction of sp³-hybridized carbons (Fsp3) is 0.900. The van der Waals surface area contributed by atoms with Crippen LogP contribution in [0.1, 0.15) is 39.0 Å². The van der Waals surface area contributed by atoms with Crippen LogP contribution in [0.25, 0.3) is 0 Å². The van der Waals surface area contributed by atoms with Gasteiger partial charge in [-0.15, -0.1) is 0 Å². The molecule has 3 heteroatoms. The molecule has 0 aromatic carbocycles. The maximum atomic E-state index is 9.94. The first-order chi connectivity index (χ1) is 6.13. The van der Waals surface area contributed by atoms with Crippen LogP contribution in [0, 0.1) is 5.41 Å². The first kappa shape index (κ1) is 9.00. The second kappa shape index (κ2) is 2.98. The maximum Gasteiger partial charge on any atom is 0.0940 e. The Kier molecular flexibility index (Phi) is 2.06. The summed E-state index contributed by atoms with van der Waals surface area (Å²) in [5, 5.41) is 9.94. The van der Waals surface area contributed by atoms with Crippen molar-refractivity contribution in [2.75, 3.05) is 0 Å². The standard InChI is InChI=1S/C10H18N2O/c1-10-6-5-9(11)12-7(10)3-2-4-8(10)13/h7-8,13H,2-6H2,1H3,(H2,11,12). The predicted molar refractivity (Wildman–Crippen MR) is 52.6 cm³/mol. The molecule has 1 saturated carbocycles. The minimum Gasteiger partial charge on any atom is -0.392 e. The van der Waals surface area contributed by atoms with Crippen LogP contribution >= 0.6 is 0 Å². The van der Waals surface area contributed by atoms with Crippen molar-refractivity contribution in [3.8, 4) is 0 Å². The summed E-state index contributed by atoms with van der Waals surface area (Å²) < 4.78 is 0. The highest BCUT2D eigenvalue weighted by Crippen LogP contribution is 2.43. The molecule has 1 fully saturated rings. The minimum atomic E-state index is -0.178. The van der Waals surface area contributed by atoms with Crippen molar-refractivity contribution in [3.63, 3.8) is 0 Å². The molecular weight excluding hydrogens is 164 g/mol. The van der Waals surface area contributed by atoms with E-state index in [2.05, 4.69) is 11.9 Å². The molecule has 0 aromatic heterocycles. The summed E-state index contributed by atoms with van der Waals surface area (Å²) in [7, 11) is 0. The van der Waals surface area contributed by atoms with Gasteiger partial charge in [-0.1, -0.05) is 6.92 Å². The number of fused-ring (bicyclic) bond motifs is 1. The largest absolute Gasteiger partial charge is 0.392 e. The summed E-state index contributed by atoms with van der Waals surface area (Å²) in [5.74, 6) is 0.775. The molecule has 2 aliphatic rings. The number of aliphatic hydroxyl groups excluding tert-OH is 1. The quantitative estimate of drug-likeness (QED) is 0.588. The first-order valence-corrected chi connectivity index (χ1v) is 5.13. The fourth-order valence-corrected chi connectivity index (χ4v) is 2.59. The van der Waals surface area contributed by atoms with Gasteiger partial charge in [0.05, 0.1) is 18.0 Å². The van der Waals surface area contributed by atoms with E-state index in [9.17, 15) is 5.11 Å². The highest BCUT2D eigenvalue weighted by molar-refractivity contribution is 5.81. The lowest BCUT2D eigenvalue weighted by Gasteiger charge is -2.45. The zero-order valence-corrected chi connectivity index (χ0v) is 8.16. The van der Waals surface area contributed by atoms with E-state index in [0.717, 1.165) is 37.9 Å². The van der Waals surface area contributed by atoms with Gasteiger partial charge in [-0.3, -0.25) is 4.99 Å². The molecule has 1 heterocycles. The molecule has 3 nitrogen and oxygen atoms in total. The molecular formula is C10H18N2O. The van der Waals surface area contributed by atoms with E-state index in [0.29, 0.717) is 0 Å². The van der Waals surface area contributed by atoms with E-state index >= 15 is 0 Å². The number of nitrogens with zero attached hydrogens (tertiary/aromatic N) is 1. The van der Waals surface area contributed by atoms with Crippen molar-refractivity contribution < 1.29 is 5.11 Å². The van der Waals surface area contributed by atoms with Crippen LogP contribution in [-0.4, -0.2) is 23.1 Å². The number of aliphatic imine (C=N–C) groups is 1. The number of amidine groups is 1. The molecule has 13 heavy (non-hydrogen) atoms. The second-order valence-corrected chi connectivity index (χ2v) is 4.59. The van der Waals surface area contributed by atoms with Crippen LogP contribution in [-0.2, 0) is 0 Å². The maximum absolute atomic E-state index is 9.94. The van der Waals surface area contributed by atoms with Crippen LogP contribution in [0.5, 0.6) is 0 Å². The number of rotatable bonds is 0. The van der Waals surface area contributed by atoms with E-state index in [1.807, 2.05) is 0 Å². The smallest absolute Gasteiger partial charge is 0.0940 e. The van der Waals surface area contributed by atoms with Gasteiger partial charge in [-0.25, -0.2) is 0 Å². The molecule has 3 N–H and O–H groups in total. The molecule has 0 radical (unpaired) electrons. The summed E-state index contributed by atoms with van der Waals surface area (Å²) in [6.45, 7) is 2.15. The van der Waals surface area contributed by atoms with E-state index in [1.165, 1.54) is 0 Å². The van der Waals surface area contributed by atoms with Gasteiger partial charge in [-0.2, -0.15) is 0 Å². The third kappa shape index (κ3) is 1.35. The number of hydrogen-bond acceptors (Lipinski definition) is 3. The van der Waals surface area contributed by atoms with Gasteiger partial charge in [0, 0.05) is 11.8 Å². The van der Waals surface area contributed by atoms with Crippen molar-refractivity contribution in [1.82, 2.24) is 0 Å². The third-order valence-corrected chi connectivity index (χ3v) is 3.72. The van der Waals surface area contributed by atoms with Gasteiger partial charge in [0.2, 0.25) is 0 Å². The predicted octanol–water partition coefficient (Wildman–Crippen LogP) is 1.06. The van der Waals surface area contributed by atoms with Crippen molar-refractivity contribution in [2.45, 2.75) is 51.2 Å². The Labute approximate surface area is 79.0 Å². The average molecular weight is 182 g/mol. The normalized spacial score (nSPS) is 45.2. The van der Waals surface area contributed by atoms with Crippen molar-refractivity contribution in [2.24, 2.45) is 16.1 Å². The Morgan fingerprint density at radius 1 is 1.54 bits per heavy atom. The highest BCUT2D eigenvalue weighted by Gasteiger charge is 2.44. The summed E-state index contributed by atoms with van der Waals surface area (Å²) in [6.07, 6.45) is 4.77. The Morgan fingerprint density at radius 2 is 2.31 bits per heavy atom. The van der Waals surface area contributed by atoms with Crippen molar-refractivity contribution >= 4 is 5.84 Å². The average Bonchev–Trinajstić information content (AvgIpc) is 2.09. The molecule has 1 aliphatic heterocycles. The van der Waals surface area contributed by atoms with Crippen LogP contribution in [0.2, 0.25) is 0 Å². The molecule has 0 bridgehead atoms. The summed E-state index contributed by atoms with van der Waals surface area (Å²) >= 11 is 0. The molecule has 1 aliphatic carbocycles. The number of aliphatic hydroxyl groups is 1. The van der Waals surface area contributed by atoms with E-state index < -0.39 is 0 Å². The minimum absolute atomic E-state index is 0.00111. The number of nitrogens with two attached hydrogens (primary N) is 1. The van der Waals surface area contributed by atoms with Gasteiger partial charge < -0.3 is 10.8 Å². The zero-order chi connectivity index (χ0) is 9.47. The zero-order valence-electron chi connectivity index (χ0n) is 8.16. The molecule has 0 amide bonds. The molecule has 3 atom stereocenters. The second-order valence-electron chi connectivity index (χ2n) is 4.59. The van der Waals surface area contributed by atoms with Gasteiger partial charge in [0.25, 0.3) is 0 Å². The van der Waals surface area contributed by atoms with Gasteiger partial charge >= 0.3 is 0 Å². The Hall–Kier alpha value is -0.570. The van der Waals surface area contributed by atoms with Gasteiger partial charge in [0.15, 0.2) is 0 Å². The molecule has 0 spiro atoms. The lowest BCUT2D eigenvalue weighted by atomic mass is 9.66. The summed E-state index contributed by atoms with van der Waals surface area (Å²) in [4.78, 5) is 4.46. The monoisotopic (exact) mass is 182 g/mol. The van der Waals surface area contributed by atoms with Crippen LogP contribution in [0.3, 0.4) is 0 Å². The van der Waals surface area contributed by atoms with Gasteiger partial charge in [-0.05, 0) is 25.7 Å².